The smallest absolute Gasteiger partial charge is 0.274 e. The molecule has 0 saturated heterocycles. The van der Waals surface area contributed by atoms with Crippen molar-refractivity contribution in [3.05, 3.63) is 33.9 Å². The van der Waals surface area contributed by atoms with E-state index in [1.54, 1.807) is 0 Å². The van der Waals surface area contributed by atoms with Crippen molar-refractivity contribution in [3.8, 4) is 5.75 Å². The maximum absolute atomic E-state index is 10.7. The summed E-state index contributed by atoms with van der Waals surface area (Å²) in [5, 5.41) is 28.7. The molecule has 0 aliphatic rings. The summed E-state index contributed by atoms with van der Waals surface area (Å²) >= 11 is 0. The van der Waals surface area contributed by atoms with Gasteiger partial charge in [0.1, 0.15) is 5.75 Å². The van der Waals surface area contributed by atoms with Gasteiger partial charge in [-0.25, -0.2) is 0 Å². The first kappa shape index (κ1) is 12.4. The minimum absolute atomic E-state index is 0.0136. The molecule has 1 atom stereocenters. The van der Waals surface area contributed by atoms with Gasteiger partial charge in [0, 0.05) is 18.7 Å². The molecule has 0 spiro atoms. The Morgan fingerprint density at radius 2 is 2.19 bits per heavy atom. The maximum Gasteiger partial charge on any atom is 0.274 e. The molecule has 0 amide bonds. The van der Waals surface area contributed by atoms with E-state index >= 15 is 0 Å². The molecule has 16 heavy (non-hydrogen) atoms. The number of hydrogen-bond acceptors (Lipinski definition) is 5. The van der Waals surface area contributed by atoms with Crippen molar-refractivity contribution < 1.29 is 15.1 Å². The van der Waals surface area contributed by atoms with Crippen molar-refractivity contribution in [3.63, 3.8) is 0 Å². The molecule has 1 rings (SSSR count). The van der Waals surface area contributed by atoms with Crippen molar-refractivity contribution in [1.29, 1.82) is 0 Å². The van der Waals surface area contributed by atoms with Gasteiger partial charge in [0.15, 0.2) is 0 Å². The van der Waals surface area contributed by atoms with Crippen molar-refractivity contribution in [2.24, 2.45) is 5.73 Å². The highest BCUT2D eigenvalue weighted by Crippen LogP contribution is 2.29. The Balaban J connectivity index is 2.99. The third-order valence-electron chi connectivity index (χ3n) is 2.28. The molecule has 0 heterocycles. The number of aliphatic hydroxyl groups excluding tert-OH is 1. The van der Waals surface area contributed by atoms with E-state index < -0.39 is 11.0 Å². The van der Waals surface area contributed by atoms with Gasteiger partial charge in [-0.1, -0.05) is 0 Å². The van der Waals surface area contributed by atoms with Crippen LogP contribution in [0.1, 0.15) is 24.4 Å². The molecule has 4 N–H and O–H groups in total. The number of hydrogen-bond donors (Lipinski definition) is 3. The van der Waals surface area contributed by atoms with Crippen molar-refractivity contribution in [2.75, 3.05) is 6.61 Å². The van der Waals surface area contributed by atoms with Gasteiger partial charge < -0.3 is 15.9 Å². The first-order valence-corrected chi connectivity index (χ1v) is 4.90. The number of phenolic OH excluding ortho intramolecular Hbond substituents is 1. The van der Waals surface area contributed by atoms with E-state index in [1.165, 1.54) is 18.2 Å². The summed E-state index contributed by atoms with van der Waals surface area (Å²) in [5.74, 6) is -0.0555. The summed E-state index contributed by atoms with van der Waals surface area (Å²) in [7, 11) is 0. The van der Waals surface area contributed by atoms with Crippen LogP contribution < -0.4 is 5.73 Å². The number of aromatic hydroxyl groups is 1. The summed E-state index contributed by atoms with van der Waals surface area (Å²) in [4.78, 5) is 10.2. The second kappa shape index (κ2) is 5.43. The lowest BCUT2D eigenvalue weighted by molar-refractivity contribution is -0.385. The first-order valence-electron chi connectivity index (χ1n) is 4.90. The van der Waals surface area contributed by atoms with Crippen LogP contribution in [0.3, 0.4) is 0 Å². The Labute approximate surface area is 92.5 Å². The topological polar surface area (TPSA) is 110 Å². The van der Waals surface area contributed by atoms with Gasteiger partial charge in [-0.15, -0.1) is 0 Å². The van der Waals surface area contributed by atoms with E-state index in [0.29, 0.717) is 18.4 Å². The second-order valence-corrected chi connectivity index (χ2v) is 3.47. The minimum atomic E-state index is -0.556. The molecule has 1 aromatic carbocycles. The van der Waals surface area contributed by atoms with Crippen LogP contribution in [-0.2, 0) is 0 Å². The van der Waals surface area contributed by atoms with Crippen LogP contribution in [-0.4, -0.2) is 21.7 Å². The fourth-order valence-electron chi connectivity index (χ4n) is 1.47. The Morgan fingerprint density at radius 1 is 1.50 bits per heavy atom. The average molecular weight is 226 g/mol. The second-order valence-electron chi connectivity index (χ2n) is 3.47. The lowest BCUT2D eigenvalue weighted by atomic mass is 10.0. The largest absolute Gasteiger partial charge is 0.508 e. The highest BCUT2D eigenvalue weighted by Gasteiger charge is 2.19. The SMILES string of the molecule is N[C@@H](CCCO)c1cc(O)ccc1[N+](=O)[O-]. The Hall–Kier alpha value is -1.66. The zero-order valence-corrected chi connectivity index (χ0v) is 8.67. The van der Waals surface area contributed by atoms with E-state index in [1.807, 2.05) is 0 Å². The molecule has 0 bridgehead atoms. The number of rotatable bonds is 5. The van der Waals surface area contributed by atoms with Gasteiger partial charge in [-0.2, -0.15) is 0 Å². The average Bonchev–Trinajstić information content (AvgIpc) is 2.25. The molecule has 0 aliphatic carbocycles. The summed E-state index contributed by atoms with van der Waals surface area (Å²) < 4.78 is 0. The molecule has 0 fully saturated rings. The number of phenols is 1. The van der Waals surface area contributed by atoms with E-state index in [9.17, 15) is 15.2 Å². The summed E-state index contributed by atoms with van der Waals surface area (Å²) in [6.45, 7) is -0.0136. The molecule has 1 aromatic rings. The normalized spacial score (nSPS) is 12.4. The number of benzene rings is 1. The molecular formula is C10H14N2O4. The van der Waals surface area contributed by atoms with E-state index in [2.05, 4.69) is 0 Å². The third-order valence-corrected chi connectivity index (χ3v) is 2.28. The molecular weight excluding hydrogens is 212 g/mol. The fraction of sp³-hybridized carbons (Fsp3) is 0.400. The number of nitrogens with two attached hydrogens (primary N) is 1. The Morgan fingerprint density at radius 3 is 2.75 bits per heavy atom. The van der Waals surface area contributed by atoms with Crippen molar-refractivity contribution in [2.45, 2.75) is 18.9 Å². The molecule has 0 aromatic heterocycles. The van der Waals surface area contributed by atoms with Gasteiger partial charge in [0.05, 0.1) is 10.5 Å². The molecule has 6 heteroatoms. The molecule has 0 radical (unpaired) electrons. The van der Waals surface area contributed by atoms with Crippen molar-refractivity contribution in [1.82, 2.24) is 0 Å². The van der Waals surface area contributed by atoms with Crippen LogP contribution in [0, 0.1) is 10.1 Å². The fourth-order valence-corrected chi connectivity index (χ4v) is 1.47. The number of nitro groups is 1. The van der Waals surface area contributed by atoms with Crippen LogP contribution in [0.5, 0.6) is 5.75 Å². The first-order chi connectivity index (χ1) is 7.56. The highest BCUT2D eigenvalue weighted by molar-refractivity contribution is 5.46. The van der Waals surface area contributed by atoms with Crippen LogP contribution in [0.2, 0.25) is 0 Å². The van der Waals surface area contributed by atoms with Gasteiger partial charge >= 0.3 is 0 Å². The predicted molar refractivity (Wildman–Crippen MR) is 58.0 cm³/mol. The summed E-state index contributed by atoms with van der Waals surface area (Å²) in [5.41, 5.74) is 5.94. The Kier molecular flexibility index (Phi) is 4.21. The summed E-state index contributed by atoms with van der Waals surface area (Å²) in [6.07, 6.45) is 0.898. The van der Waals surface area contributed by atoms with E-state index in [-0.39, 0.29) is 18.0 Å². The molecule has 88 valence electrons. The standard InChI is InChI=1S/C10H14N2O4/c11-9(2-1-5-13)8-6-7(14)3-4-10(8)12(15)16/h3-4,6,9,13-14H,1-2,5,11H2/t9-/m0/s1. The number of nitro benzene ring substituents is 1. The van der Waals surface area contributed by atoms with E-state index in [4.69, 9.17) is 10.8 Å². The van der Waals surface area contributed by atoms with Gasteiger partial charge in [0.25, 0.3) is 5.69 Å². The van der Waals surface area contributed by atoms with Crippen molar-refractivity contribution >= 4 is 5.69 Å². The van der Waals surface area contributed by atoms with Gasteiger partial charge in [0.2, 0.25) is 0 Å². The molecule has 0 unspecified atom stereocenters. The summed E-state index contributed by atoms with van der Waals surface area (Å²) in [6, 6.07) is 3.21. The monoisotopic (exact) mass is 226 g/mol. The lowest BCUT2D eigenvalue weighted by Gasteiger charge is -2.11. The van der Waals surface area contributed by atoms with Crippen LogP contribution >= 0.6 is 0 Å². The highest BCUT2D eigenvalue weighted by atomic mass is 16.6. The molecule has 0 aliphatic heterocycles. The molecule has 0 saturated carbocycles. The predicted octanol–water partition coefficient (Wildman–Crippen LogP) is 1.07. The van der Waals surface area contributed by atoms with Crippen LogP contribution in [0.15, 0.2) is 18.2 Å². The zero-order chi connectivity index (χ0) is 12.1. The van der Waals surface area contributed by atoms with Gasteiger partial charge in [-0.05, 0) is 25.0 Å². The van der Waals surface area contributed by atoms with E-state index in [0.717, 1.165) is 0 Å². The third kappa shape index (κ3) is 2.91. The Bertz CT molecular complexity index is 381. The zero-order valence-electron chi connectivity index (χ0n) is 8.67. The maximum atomic E-state index is 10.7. The molecule has 6 nitrogen and oxygen atoms in total. The number of nitrogens with zero attached hydrogens (tertiary/aromatic N) is 1. The quantitative estimate of drug-likeness (QED) is 0.514. The number of aliphatic hydroxyl groups is 1. The van der Waals surface area contributed by atoms with Crippen LogP contribution in [0.4, 0.5) is 5.69 Å². The van der Waals surface area contributed by atoms with Gasteiger partial charge in [-0.3, -0.25) is 10.1 Å². The lowest BCUT2D eigenvalue weighted by Crippen LogP contribution is -2.12. The van der Waals surface area contributed by atoms with Crippen LogP contribution in [0.25, 0.3) is 0 Å². The minimum Gasteiger partial charge on any atom is -0.508 e.